The van der Waals surface area contributed by atoms with Crippen LogP contribution in [0.5, 0.6) is 0 Å². The van der Waals surface area contributed by atoms with E-state index in [0.29, 0.717) is 19.3 Å². The van der Waals surface area contributed by atoms with Gasteiger partial charge in [0.2, 0.25) is 5.91 Å². The van der Waals surface area contributed by atoms with Crippen LogP contribution >= 0.6 is 0 Å². The molecular formula is C42H83NO6S. The number of aliphatic hydroxyl groups excluding tert-OH is 2. The van der Waals surface area contributed by atoms with Gasteiger partial charge in [0.25, 0.3) is 10.1 Å². The molecule has 0 saturated heterocycles. The van der Waals surface area contributed by atoms with Crippen molar-refractivity contribution >= 4 is 16.0 Å². The van der Waals surface area contributed by atoms with Crippen LogP contribution in [0, 0.1) is 0 Å². The van der Waals surface area contributed by atoms with Crippen LogP contribution in [0.4, 0.5) is 0 Å². The number of carbonyl (C=O) groups is 1. The first kappa shape index (κ1) is 49.0. The summed E-state index contributed by atoms with van der Waals surface area (Å²) in [6.07, 6.45) is 40.8. The summed E-state index contributed by atoms with van der Waals surface area (Å²) in [7, 11) is -4.41. The van der Waals surface area contributed by atoms with Gasteiger partial charge in [-0.2, -0.15) is 8.42 Å². The first-order chi connectivity index (χ1) is 24.2. The van der Waals surface area contributed by atoms with Gasteiger partial charge in [-0.25, -0.2) is 0 Å². The van der Waals surface area contributed by atoms with E-state index in [1.807, 2.05) is 0 Å². The van der Waals surface area contributed by atoms with Crippen molar-refractivity contribution in [2.45, 2.75) is 244 Å². The topological polar surface area (TPSA) is 124 Å². The molecule has 0 aliphatic rings. The number of nitrogens with one attached hydrogen (secondary N) is 1. The zero-order valence-electron chi connectivity index (χ0n) is 32.9. The van der Waals surface area contributed by atoms with Crippen LogP contribution in [0.3, 0.4) is 0 Å². The van der Waals surface area contributed by atoms with Crippen molar-refractivity contribution in [2.75, 3.05) is 5.75 Å². The number of aliphatic hydroxyl groups is 2. The smallest absolute Gasteiger partial charge is 0.266 e. The van der Waals surface area contributed by atoms with Gasteiger partial charge < -0.3 is 15.5 Å². The SMILES string of the molecule is CCCCCCCCCCC/C=C\CCCCCCC(O)C(=O)NC(CS(=O)(=O)O)C(O)CCCCCCCCCCCCCCCCCC. The minimum Gasteiger partial charge on any atom is -0.391 e. The van der Waals surface area contributed by atoms with Crippen LogP contribution < -0.4 is 5.32 Å². The average Bonchev–Trinajstić information content (AvgIpc) is 3.08. The van der Waals surface area contributed by atoms with Gasteiger partial charge in [0.05, 0.1) is 17.9 Å². The van der Waals surface area contributed by atoms with Gasteiger partial charge in [-0.15, -0.1) is 0 Å². The first-order valence-corrected chi connectivity index (χ1v) is 23.1. The van der Waals surface area contributed by atoms with Crippen LogP contribution in [0.25, 0.3) is 0 Å². The van der Waals surface area contributed by atoms with Crippen molar-refractivity contribution in [3.8, 4) is 0 Å². The van der Waals surface area contributed by atoms with Gasteiger partial charge in [0.15, 0.2) is 0 Å². The van der Waals surface area contributed by atoms with Gasteiger partial charge >= 0.3 is 0 Å². The second-order valence-electron chi connectivity index (χ2n) is 15.1. The zero-order chi connectivity index (χ0) is 37.0. The highest BCUT2D eigenvalue weighted by Gasteiger charge is 2.28. The number of rotatable bonds is 39. The summed E-state index contributed by atoms with van der Waals surface area (Å²) in [5.41, 5.74) is 0. The van der Waals surface area contributed by atoms with E-state index in [2.05, 4.69) is 31.3 Å². The number of unbranched alkanes of at least 4 members (excludes halogenated alkanes) is 28. The van der Waals surface area contributed by atoms with Crippen LogP contribution in [-0.4, -0.2) is 53.1 Å². The summed E-state index contributed by atoms with van der Waals surface area (Å²) in [5.74, 6) is -1.46. The minimum absolute atomic E-state index is 0.286. The van der Waals surface area contributed by atoms with Crippen molar-refractivity contribution in [2.24, 2.45) is 0 Å². The Kier molecular flexibility index (Phi) is 35.7. The Hall–Kier alpha value is -0.960. The van der Waals surface area contributed by atoms with Gasteiger partial charge in [-0.1, -0.05) is 199 Å². The maximum atomic E-state index is 12.6. The number of hydrogen-bond donors (Lipinski definition) is 4. The van der Waals surface area contributed by atoms with E-state index < -0.39 is 40.0 Å². The highest BCUT2D eigenvalue weighted by molar-refractivity contribution is 7.85. The molecule has 0 saturated carbocycles. The fourth-order valence-electron chi connectivity index (χ4n) is 6.75. The lowest BCUT2D eigenvalue weighted by Crippen LogP contribution is -2.50. The molecule has 0 aromatic rings. The predicted octanol–water partition coefficient (Wildman–Crippen LogP) is 11.6. The van der Waals surface area contributed by atoms with Crippen LogP contribution in [0.1, 0.15) is 226 Å². The Morgan fingerprint density at radius 1 is 0.520 bits per heavy atom. The maximum absolute atomic E-state index is 12.6. The maximum Gasteiger partial charge on any atom is 0.266 e. The summed E-state index contributed by atoms with van der Waals surface area (Å²) in [6, 6.07) is -1.15. The largest absolute Gasteiger partial charge is 0.391 e. The van der Waals surface area contributed by atoms with E-state index in [1.165, 1.54) is 135 Å². The molecule has 0 rings (SSSR count). The molecule has 8 heteroatoms. The van der Waals surface area contributed by atoms with Crippen LogP contribution in [0.15, 0.2) is 12.2 Å². The molecule has 1 amide bonds. The number of amides is 1. The summed E-state index contributed by atoms with van der Waals surface area (Å²) in [6.45, 7) is 4.52. The van der Waals surface area contributed by atoms with Gasteiger partial charge in [0.1, 0.15) is 6.10 Å². The van der Waals surface area contributed by atoms with Crippen molar-refractivity contribution in [1.29, 1.82) is 0 Å². The van der Waals surface area contributed by atoms with E-state index in [9.17, 15) is 28.0 Å². The second kappa shape index (κ2) is 36.4. The summed E-state index contributed by atoms with van der Waals surface area (Å²) in [5, 5.41) is 23.6. The molecule has 7 nitrogen and oxygen atoms in total. The lowest BCUT2D eigenvalue weighted by Gasteiger charge is -2.24. The molecule has 0 heterocycles. The monoisotopic (exact) mass is 730 g/mol. The third kappa shape index (κ3) is 35.4. The Morgan fingerprint density at radius 2 is 0.840 bits per heavy atom. The molecule has 0 aliphatic carbocycles. The molecule has 0 radical (unpaired) electrons. The van der Waals surface area contributed by atoms with Gasteiger partial charge in [-0.05, 0) is 38.5 Å². The van der Waals surface area contributed by atoms with E-state index in [-0.39, 0.29) is 6.42 Å². The van der Waals surface area contributed by atoms with Crippen molar-refractivity contribution in [1.82, 2.24) is 5.32 Å². The third-order valence-corrected chi connectivity index (χ3v) is 10.9. The molecule has 0 fully saturated rings. The van der Waals surface area contributed by atoms with E-state index in [0.717, 1.165) is 51.4 Å². The quantitative estimate of drug-likeness (QED) is 0.0284. The van der Waals surface area contributed by atoms with Gasteiger partial charge in [0, 0.05) is 0 Å². The Bertz CT molecular complexity index is 864. The van der Waals surface area contributed by atoms with Crippen molar-refractivity contribution < 1.29 is 28.0 Å². The highest BCUT2D eigenvalue weighted by atomic mass is 32.2. The van der Waals surface area contributed by atoms with Crippen molar-refractivity contribution in [3.63, 3.8) is 0 Å². The predicted molar refractivity (Wildman–Crippen MR) is 213 cm³/mol. The molecule has 3 atom stereocenters. The molecule has 0 aliphatic heterocycles. The second-order valence-corrected chi connectivity index (χ2v) is 16.6. The molecule has 0 aromatic carbocycles. The fraction of sp³-hybridized carbons (Fsp3) is 0.929. The fourth-order valence-corrected chi connectivity index (χ4v) is 7.51. The lowest BCUT2D eigenvalue weighted by molar-refractivity contribution is -0.131. The molecular weight excluding hydrogens is 647 g/mol. The zero-order valence-corrected chi connectivity index (χ0v) is 33.7. The molecule has 50 heavy (non-hydrogen) atoms. The molecule has 0 spiro atoms. The Labute approximate surface area is 310 Å². The van der Waals surface area contributed by atoms with E-state index >= 15 is 0 Å². The summed E-state index contributed by atoms with van der Waals surface area (Å²) >= 11 is 0. The Balaban J connectivity index is 3.96. The van der Waals surface area contributed by atoms with E-state index in [1.54, 1.807) is 0 Å². The van der Waals surface area contributed by atoms with Crippen LogP contribution in [0.2, 0.25) is 0 Å². The number of hydrogen-bond acceptors (Lipinski definition) is 5. The third-order valence-electron chi connectivity index (χ3n) is 10.1. The molecule has 298 valence electrons. The molecule has 3 unspecified atom stereocenters. The number of carbonyl (C=O) groups excluding carboxylic acids is 1. The van der Waals surface area contributed by atoms with Crippen molar-refractivity contribution in [3.05, 3.63) is 12.2 Å². The molecule has 0 bridgehead atoms. The van der Waals surface area contributed by atoms with Gasteiger partial charge in [-0.3, -0.25) is 9.35 Å². The van der Waals surface area contributed by atoms with Crippen LogP contribution in [-0.2, 0) is 14.9 Å². The molecule has 0 aromatic heterocycles. The normalized spacial score (nSPS) is 13.9. The minimum atomic E-state index is -4.41. The standard InChI is InChI=1S/C42H83NO6S/c1-3-5-7-9-11-13-15-17-19-21-23-25-27-29-31-33-35-37-41(45)42(46)43-39(38-50(47,48)49)40(44)36-34-32-30-28-26-24-22-20-18-16-14-12-10-8-6-4-2/h23,25,39-41,44-45H,3-22,24,26-38H2,1-2H3,(H,43,46)(H,47,48,49)/b25-23-. The first-order valence-electron chi connectivity index (χ1n) is 21.5. The molecule has 4 N–H and O–H groups in total. The highest BCUT2D eigenvalue weighted by Crippen LogP contribution is 2.16. The lowest BCUT2D eigenvalue weighted by atomic mass is 10.0. The number of allylic oxidation sites excluding steroid dienone is 2. The summed E-state index contributed by atoms with van der Waals surface area (Å²) < 4.78 is 32.6. The summed E-state index contributed by atoms with van der Waals surface area (Å²) in [4.78, 5) is 12.6. The van der Waals surface area contributed by atoms with E-state index in [4.69, 9.17) is 0 Å². The Morgan fingerprint density at radius 3 is 1.20 bits per heavy atom. The average molecular weight is 730 g/mol.